The standard InChI is InChI=1S/C20H21BrFNO2/c1-20(2,3)25-19(24)23-17(14-8-4-5-10-16(14)22)12-11-13-7-6-9-15(21)18(13)23/h4-10,17H,11-12H2,1-3H3. The highest BCUT2D eigenvalue weighted by Crippen LogP contribution is 2.43. The molecule has 2 aromatic rings. The summed E-state index contributed by atoms with van der Waals surface area (Å²) in [5.41, 5.74) is 1.69. The van der Waals surface area contributed by atoms with Crippen LogP contribution < -0.4 is 4.90 Å². The fraction of sp³-hybridized carbons (Fsp3) is 0.350. The monoisotopic (exact) mass is 405 g/mol. The van der Waals surface area contributed by atoms with Crippen LogP contribution in [-0.4, -0.2) is 11.7 Å². The van der Waals surface area contributed by atoms with Crippen molar-refractivity contribution in [1.29, 1.82) is 0 Å². The van der Waals surface area contributed by atoms with Crippen LogP contribution in [0.4, 0.5) is 14.9 Å². The van der Waals surface area contributed by atoms with Crippen molar-refractivity contribution in [3.8, 4) is 0 Å². The quantitative estimate of drug-likeness (QED) is 0.580. The average molecular weight is 406 g/mol. The molecule has 0 aromatic heterocycles. The van der Waals surface area contributed by atoms with Crippen molar-refractivity contribution in [2.75, 3.05) is 4.90 Å². The molecule has 0 fully saturated rings. The molecule has 1 aliphatic heterocycles. The second kappa shape index (κ2) is 6.79. The molecular weight excluding hydrogens is 385 g/mol. The van der Waals surface area contributed by atoms with Gasteiger partial charge in [-0.15, -0.1) is 0 Å². The first-order chi connectivity index (χ1) is 11.8. The van der Waals surface area contributed by atoms with Crippen LogP contribution in [0.5, 0.6) is 0 Å². The number of ether oxygens (including phenoxy) is 1. The van der Waals surface area contributed by atoms with Crippen molar-refractivity contribution in [1.82, 2.24) is 0 Å². The van der Waals surface area contributed by atoms with Crippen molar-refractivity contribution >= 4 is 27.7 Å². The zero-order valence-corrected chi connectivity index (χ0v) is 16.1. The van der Waals surface area contributed by atoms with Crippen LogP contribution in [0.3, 0.4) is 0 Å². The van der Waals surface area contributed by atoms with Crippen LogP contribution in [-0.2, 0) is 11.2 Å². The van der Waals surface area contributed by atoms with Crippen molar-refractivity contribution in [3.05, 3.63) is 63.9 Å². The van der Waals surface area contributed by atoms with E-state index >= 15 is 0 Å². The first-order valence-electron chi connectivity index (χ1n) is 8.32. The van der Waals surface area contributed by atoms with Gasteiger partial charge in [0.05, 0.1) is 11.7 Å². The number of fused-ring (bicyclic) bond motifs is 1. The van der Waals surface area contributed by atoms with Gasteiger partial charge in [0.25, 0.3) is 0 Å². The molecule has 1 atom stereocenters. The normalized spacial score (nSPS) is 17.2. The molecule has 25 heavy (non-hydrogen) atoms. The summed E-state index contributed by atoms with van der Waals surface area (Å²) in [5, 5.41) is 0. The first-order valence-corrected chi connectivity index (χ1v) is 9.11. The number of hydrogen-bond acceptors (Lipinski definition) is 2. The summed E-state index contributed by atoms with van der Waals surface area (Å²) in [4.78, 5) is 14.6. The maximum atomic E-state index is 14.4. The van der Waals surface area contributed by atoms with E-state index in [0.29, 0.717) is 12.0 Å². The minimum Gasteiger partial charge on any atom is -0.443 e. The molecule has 1 aliphatic rings. The third-order valence-electron chi connectivity index (χ3n) is 4.16. The van der Waals surface area contributed by atoms with Gasteiger partial charge in [-0.1, -0.05) is 30.3 Å². The average Bonchev–Trinajstić information content (AvgIpc) is 2.53. The van der Waals surface area contributed by atoms with E-state index in [1.807, 2.05) is 39.0 Å². The van der Waals surface area contributed by atoms with Crippen LogP contribution in [0, 0.1) is 5.82 Å². The fourth-order valence-corrected chi connectivity index (χ4v) is 3.78. The highest BCUT2D eigenvalue weighted by molar-refractivity contribution is 9.10. The van der Waals surface area contributed by atoms with E-state index in [2.05, 4.69) is 15.9 Å². The molecule has 0 bridgehead atoms. The van der Waals surface area contributed by atoms with Gasteiger partial charge in [-0.05, 0) is 67.2 Å². The molecule has 2 aromatic carbocycles. The second-order valence-corrected chi connectivity index (χ2v) is 8.03. The minimum absolute atomic E-state index is 0.309. The molecular formula is C20H21BrFNO2. The number of benzene rings is 2. The summed E-state index contributed by atoms with van der Waals surface area (Å²) in [6.45, 7) is 5.48. The minimum atomic E-state index is -0.629. The van der Waals surface area contributed by atoms with E-state index in [9.17, 15) is 9.18 Å². The van der Waals surface area contributed by atoms with Gasteiger partial charge >= 0.3 is 6.09 Å². The topological polar surface area (TPSA) is 29.5 Å². The lowest BCUT2D eigenvalue weighted by atomic mass is 9.91. The highest BCUT2D eigenvalue weighted by Gasteiger charge is 2.37. The Hall–Kier alpha value is -1.88. The summed E-state index contributed by atoms with van der Waals surface area (Å²) in [6, 6.07) is 12.0. The number of aryl methyl sites for hydroxylation is 1. The largest absolute Gasteiger partial charge is 0.443 e. The summed E-state index contributed by atoms with van der Waals surface area (Å²) in [7, 11) is 0. The van der Waals surface area contributed by atoms with E-state index in [0.717, 1.165) is 22.1 Å². The van der Waals surface area contributed by atoms with Crippen LogP contribution in [0.25, 0.3) is 0 Å². The number of carbonyl (C=O) groups is 1. The molecule has 0 radical (unpaired) electrons. The molecule has 0 saturated carbocycles. The Kier molecular flexibility index (Phi) is 4.87. The molecule has 1 amide bonds. The smallest absolute Gasteiger partial charge is 0.415 e. The SMILES string of the molecule is CC(C)(C)OC(=O)N1c2c(Br)cccc2CCC1c1ccccc1F. The molecule has 0 saturated heterocycles. The molecule has 0 N–H and O–H groups in total. The number of rotatable bonds is 1. The number of carbonyl (C=O) groups excluding carboxylic acids is 1. The van der Waals surface area contributed by atoms with E-state index in [1.165, 1.54) is 6.07 Å². The number of halogens is 2. The molecule has 3 rings (SSSR count). The lowest BCUT2D eigenvalue weighted by Gasteiger charge is -2.39. The molecule has 1 unspecified atom stereocenters. The third-order valence-corrected chi connectivity index (χ3v) is 4.80. The zero-order chi connectivity index (χ0) is 18.2. The predicted molar refractivity (Wildman–Crippen MR) is 100 cm³/mol. The van der Waals surface area contributed by atoms with Crippen molar-refractivity contribution < 1.29 is 13.9 Å². The number of nitrogens with zero attached hydrogens (tertiary/aromatic N) is 1. The number of para-hydroxylation sites is 1. The number of hydrogen-bond donors (Lipinski definition) is 0. The Morgan fingerprint density at radius 2 is 1.92 bits per heavy atom. The van der Waals surface area contributed by atoms with Crippen LogP contribution >= 0.6 is 15.9 Å². The molecule has 3 nitrogen and oxygen atoms in total. The predicted octanol–water partition coefficient (Wildman–Crippen LogP) is 6.02. The van der Waals surface area contributed by atoms with Crippen LogP contribution in [0.2, 0.25) is 0 Å². The summed E-state index contributed by atoms with van der Waals surface area (Å²) in [5.74, 6) is -0.309. The van der Waals surface area contributed by atoms with Gasteiger partial charge in [-0.25, -0.2) is 9.18 Å². The van der Waals surface area contributed by atoms with Crippen molar-refractivity contribution in [3.63, 3.8) is 0 Å². The van der Waals surface area contributed by atoms with E-state index in [-0.39, 0.29) is 5.82 Å². The second-order valence-electron chi connectivity index (χ2n) is 7.17. The van der Waals surface area contributed by atoms with Gasteiger partial charge in [-0.2, -0.15) is 0 Å². The molecule has 1 heterocycles. The fourth-order valence-electron chi connectivity index (χ4n) is 3.18. The summed E-state index contributed by atoms with van der Waals surface area (Å²) in [6.07, 6.45) is 0.949. The van der Waals surface area contributed by atoms with E-state index < -0.39 is 17.7 Å². The summed E-state index contributed by atoms with van der Waals surface area (Å²) >= 11 is 3.55. The Labute approximate surface area is 155 Å². The summed E-state index contributed by atoms with van der Waals surface area (Å²) < 4.78 is 20.9. The van der Waals surface area contributed by atoms with Gasteiger partial charge in [0.1, 0.15) is 11.4 Å². The highest BCUT2D eigenvalue weighted by atomic mass is 79.9. The van der Waals surface area contributed by atoms with Gasteiger partial charge in [0.2, 0.25) is 0 Å². The lowest BCUT2D eigenvalue weighted by Crippen LogP contribution is -2.42. The van der Waals surface area contributed by atoms with Crippen LogP contribution in [0.1, 0.15) is 44.4 Å². The van der Waals surface area contributed by atoms with Gasteiger partial charge < -0.3 is 4.74 Å². The number of anilines is 1. The van der Waals surface area contributed by atoms with Gasteiger partial charge in [0.15, 0.2) is 0 Å². The third kappa shape index (κ3) is 3.71. The Morgan fingerprint density at radius 3 is 2.60 bits per heavy atom. The molecule has 0 aliphatic carbocycles. The Balaban J connectivity index is 2.11. The van der Waals surface area contributed by atoms with Gasteiger partial charge in [-0.3, -0.25) is 4.90 Å². The molecule has 5 heteroatoms. The molecule has 132 valence electrons. The maximum absolute atomic E-state index is 14.4. The molecule has 0 spiro atoms. The van der Waals surface area contributed by atoms with Crippen molar-refractivity contribution in [2.24, 2.45) is 0 Å². The number of amides is 1. The zero-order valence-electron chi connectivity index (χ0n) is 14.6. The maximum Gasteiger partial charge on any atom is 0.415 e. The van der Waals surface area contributed by atoms with Crippen molar-refractivity contribution in [2.45, 2.75) is 45.3 Å². The Bertz CT molecular complexity index is 801. The van der Waals surface area contributed by atoms with E-state index in [4.69, 9.17) is 4.74 Å². The first kappa shape index (κ1) is 17.9. The Morgan fingerprint density at radius 1 is 1.20 bits per heavy atom. The van der Waals surface area contributed by atoms with Gasteiger partial charge in [0, 0.05) is 10.0 Å². The van der Waals surface area contributed by atoms with E-state index in [1.54, 1.807) is 23.1 Å². The van der Waals surface area contributed by atoms with Crippen LogP contribution in [0.15, 0.2) is 46.9 Å². The lowest BCUT2D eigenvalue weighted by molar-refractivity contribution is 0.0559.